The number of hydrogen-bond acceptors (Lipinski definition) is 4. The van der Waals surface area contributed by atoms with Crippen molar-refractivity contribution in [1.29, 1.82) is 0 Å². The number of carbonyl (C=O) groups is 1. The molecule has 0 saturated heterocycles. The fraction of sp³-hybridized carbons (Fsp3) is 0. The molecule has 0 heterocycles. The quantitative estimate of drug-likeness (QED) is 0.416. The number of nitrogens with one attached hydrogen (secondary N) is 1. The zero-order valence-electron chi connectivity index (χ0n) is 13.0. The van der Waals surface area contributed by atoms with Crippen LogP contribution in [0.15, 0.2) is 72.8 Å². The number of halogens is 1. The van der Waals surface area contributed by atoms with E-state index in [1.165, 1.54) is 24.3 Å². The third-order valence-electron chi connectivity index (χ3n) is 3.65. The van der Waals surface area contributed by atoms with Crippen LogP contribution in [0.2, 0.25) is 0 Å². The van der Waals surface area contributed by atoms with Gasteiger partial charge in [-0.15, -0.1) is 0 Å². The minimum absolute atomic E-state index is 0.00177. The number of nitro benzene ring substituents is 1. The molecule has 25 heavy (non-hydrogen) atoms. The van der Waals surface area contributed by atoms with Gasteiger partial charge in [0.1, 0.15) is 11.5 Å². The van der Waals surface area contributed by atoms with Gasteiger partial charge in [-0.2, -0.15) is 0 Å². The molecule has 0 bridgehead atoms. The molecule has 0 radical (unpaired) electrons. The lowest BCUT2D eigenvalue weighted by Crippen LogP contribution is -2.04. The number of ketones is 1. The third-order valence-corrected chi connectivity index (χ3v) is 3.65. The summed E-state index contributed by atoms with van der Waals surface area (Å²) in [5, 5.41) is 14.0. The van der Waals surface area contributed by atoms with Crippen LogP contribution in [0.3, 0.4) is 0 Å². The number of nitro groups is 1. The minimum Gasteiger partial charge on any atom is -0.350 e. The molecular formula is C19H13FN2O3. The predicted molar refractivity (Wildman–Crippen MR) is 92.7 cm³/mol. The normalized spacial score (nSPS) is 10.3. The van der Waals surface area contributed by atoms with Crippen LogP contribution < -0.4 is 5.32 Å². The van der Waals surface area contributed by atoms with Crippen molar-refractivity contribution >= 4 is 22.8 Å². The van der Waals surface area contributed by atoms with Gasteiger partial charge in [-0.1, -0.05) is 24.3 Å². The third kappa shape index (κ3) is 3.53. The molecule has 0 aliphatic heterocycles. The second kappa shape index (κ2) is 6.92. The topological polar surface area (TPSA) is 72.2 Å². The first-order valence-electron chi connectivity index (χ1n) is 7.46. The molecule has 1 N–H and O–H groups in total. The number of rotatable bonds is 5. The van der Waals surface area contributed by atoms with Crippen molar-refractivity contribution in [3.63, 3.8) is 0 Å². The molecule has 0 aliphatic rings. The van der Waals surface area contributed by atoms with E-state index < -0.39 is 16.5 Å². The number of carbonyl (C=O) groups excluding carboxylic acids is 1. The summed E-state index contributed by atoms with van der Waals surface area (Å²) in [4.78, 5) is 22.9. The molecule has 0 spiro atoms. The molecular weight excluding hydrogens is 323 g/mol. The maximum Gasteiger partial charge on any atom is 0.292 e. The Labute approximate surface area is 142 Å². The molecule has 0 fully saturated rings. The van der Waals surface area contributed by atoms with Crippen molar-refractivity contribution in [3.05, 3.63) is 99.9 Å². The monoisotopic (exact) mass is 336 g/mol. The van der Waals surface area contributed by atoms with E-state index in [-0.39, 0.29) is 11.3 Å². The molecule has 6 heteroatoms. The number of anilines is 2. The maximum atomic E-state index is 13.7. The highest BCUT2D eigenvalue weighted by Crippen LogP contribution is 2.27. The summed E-state index contributed by atoms with van der Waals surface area (Å²) in [5.74, 6) is -0.995. The van der Waals surface area contributed by atoms with Crippen LogP contribution in [0.25, 0.3) is 0 Å². The summed E-state index contributed by atoms with van der Waals surface area (Å²) < 4.78 is 13.7. The highest BCUT2D eigenvalue weighted by atomic mass is 19.1. The minimum atomic E-state index is -0.574. The van der Waals surface area contributed by atoms with E-state index >= 15 is 0 Å². The van der Waals surface area contributed by atoms with Crippen molar-refractivity contribution in [3.8, 4) is 0 Å². The van der Waals surface area contributed by atoms with Crippen molar-refractivity contribution in [2.24, 2.45) is 0 Å². The predicted octanol–water partition coefficient (Wildman–Crippen LogP) is 4.71. The van der Waals surface area contributed by atoms with Crippen molar-refractivity contribution in [2.75, 3.05) is 5.32 Å². The van der Waals surface area contributed by atoms with Gasteiger partial charge in [0, 0.05) is 17.3 Å². The molecule has 5 nitrogen and oxygen atoms in total. The Balaban J connectivity index is 1.83. The molecule has 3 aromatic rings. The van der Waals surface area contributed by atoms with Crippen LogP contribution in [-0.2, 0) is 0 Å². The van der Waals surface area contributed by atoms with Crippen LogP contribution in [0.4, 0.5) is 21.5 Å². The van der Waals surface area contributed by atoms with Crippen LogP contribution >= 0.6 is 0 Å². The zero-order chi connectivity index (χ0) is 17.8. The first-order valence-corrected chi connectivity index (χ1v) is 7.46. The molecule has 3 rings (SSSR count). The van der Waals surface area contributed by atoms with E-state index in [9.17, 15) is 19.3 Å². The lowest BCUT2D eigenvalue weighted by Gasteiger charge is -2.08. The molecule has 0 atom stereocenters. The first kappa shape index (κ1) is 16.3. The van der Waals surface area contributed by atoms with Gasteiger partial charge in [-0.05, 0) is 42.5 Å². The van der Waals surface area contributed by atoms with Crippen LogP contribution in [0.5, 0.6) is 0 Å². The van der Waals surface area contributed by atoms with Crippen LogP contribution in [0.1, 0.15) is 15.9 Å². The Morgan fingerprint density at radius 3 is 2.24 bits per heavy atom. The van der Waals surface area contributed by atoms with Crippen LogP contribution in [-0.4, -0.2) is 10.7 Å². The molecule has 3 aromatic carbocycles. The van der Waals surface area contributed by atoms with E-state index in [0.717, 1.165) is 0 Å². The first-order chi connectivity index (χ1) is 12.1. The van der Waals surface area contributed by atoms with E-state index in [1.54, 1.807) is 48.5 Å². The van der Waals surface area contributed by atoms with E-state index in [0.29, 0.717) is 16.9 Å². The lowest BCUT2D eigenvalue weighted by atomic mass is 10.0. The smallest absolute Gasteiger partial charge is 0.292 e. The van der Waals surface area contributed by atoms with Gasteiger partial charge >= 0.3 is 0 Å². The molecule has 0 saturated carbocycles. The molecule has 0 aliphatic carbocycles. The van der Waals surface area contributed by atoms with Crippen molar-refractivity contribution in [2.45, 2.75) is 0 Å². The summed E-state index contributed by atoms with van der Waals surface area (Å²) in [6.45, 7) is 0. The fourth-order valence-corrected chi connectivity index (χ4v) is 2.40. The van der Waals surface area contributed by atoms with Gasteiger partial charge in [-0.25, -0.2) is 4.39 Å². The standard InChI is InChI=1S/C19H13FN2O3/c20-16-6-2-1-5-15(16)19(23)13-9-11-14(12-10-13)21-17-7-3-4-8-18(17)22(24)25/h1-12,21H. The average molecular weight is 336 g/mol. The SMILES string of the molecule is O=C(c1ccc(Nc2ccccc2[N+](=O)[O-])cc1)c1ccccc1F. The number of hydrogen-bond donors (Lipinski definition) is 1. The summed E-state index contributed by atoms with van der Waals surface area (Å²) in [5.41, 5.74) is 1.22. The van der Waals surface area contributed by atoms with Gasteiger partial charge in [0.15, 0.2) is 5.78 Å². The fourth-order valence-electron chi connectivity index (χ4n) is 2.40. The summed E-state index contributed by atoms with van der Waals surface area (Å²) in [6, 6.07) is 18.4. The number of nitrogens with zero attached hydrogens (tertiary/aromatic N) is 1. The summed E-state index contributed by atoms with van der Waals surface area (Å²) in [6.07, 6.45) is 0. The molecule has 0 aromatic heterocycles. The summed E-state index contributed by atoms with van der Waals surface area (Å²) in [7, 11) is 0. The number of benzene rings is 3. The second-order valence-electron chi connectivity index (χ2n) is 5.29. The lowest BCUT2D eigenvalue weighted by molar-refractivity contribution is -0.383. The Morgan fingerprint density at radius 2 is 1.56 bits per heavy atom. The van der Waals surface area contributed by atoms with Gasteiger partial charge in [-0.3, -0.25) is 14.9 Å². The van der Waals surface area contributed by atoms with Crippen LogP contribution in [0, 0.1) is 15.9 Å². The second-order valence-corrected chi connectivity index (χ2v) is 5.29. The Kier molecular flexibility index (Phi) is 4.52. The molecule has 0 unspecified atom stereocenters. The van der Waals surface area contributed by atoms with Gasteiger partial charge < -0.3 is 5.32 Å². The average Bonchev–Trinajstić information content (AvgIpc) is 2.62. The Hall–Kier alpha value is -3.54. The molecule has 0 amide bonds. The highest BCUT2D eigenvalue weighted by Gasteiger charge is 2.14. The van der Waals surface area contributed by atoms with E-state index in [1.807, 2.05) is 0 Å². The maximum absolute atomic E-state index is 13.7. The molecule has 124 valence electrons. The van der Waals surface area contributed by atoms with Gasteiger partial charge in [0.2, 0.25) is 0 Å². The number of para-hydroxylation sites is 2. The Morgan fingerprint density at radius 1 is 0.920 bits per heavy atom. The largest absolute Gasteiger partial charge is 0.350 e. The summed E-state index contributed by atoms with van der Waals surface area (Å²) >= 11 is 0. The van der Waals surface area contributed by atoms with Gasteiger partial charge in [0.05, 0.1) is 10.5 Å². The van der Waals surface area contributed by atoms with Gasteiger partial charge in [0.25, 0.3) is 5.69 Å². The Bertz CT molecular complexity index is 939. The van der Waals surface area contributed by atoms with E-state index in [2.05, 4.69) is 5.32 Å². The highest BCUT2D eigenvalue weighted by molar-refractivity contribution is 6.09. The van der Waals surface area contributed by atoms with E-state index in [4.69, 9.17) is 0 Å². The zero-order valence-corrected chi connectivity index (χ0v) is 13.0. The van der Waals surface area contributed by atoms with Crippen molar-refractivity contribution < 1.29 is 14.1 Å². The van der Waals surface area contributed by atoms with Crippen molar-refractivity contribution in [1.82, 2.24) is 0 Å².